The van der Waals surface area contributed by atoms with E-state index in [2.05, 4.69) is 0 Å². The molecule has 0 aliphatic heterocycles. The number of hydrogen-bond donors (Lipinski definition) is 2. The zero-order chi connectivity index (χ0) is 11.7. The number of hydrogen-bond acceptors (Lipinski definition) is 3. The van der Waals surface area contributed by atoms with Gasteiger partial charge in [0.05, 0.1) is 0 Å². The lowest BCUT2D eigenvalue weighted by atomic mass is 10.3. The third kappa shape index (κ3) is 2.08. The molecule has 5 heteroatoms. The quantitative estimate of drug-likeness (QED) is 0.737. The fraction of sp³-hybridized carbons (Fsp3) is 0.300. The van der Waals surface area contributed by atoms with Gasteiger partial charge >= 0.3 is 0 Å². The van der Waals surface area contributed by atoms with Crippen LogP contribution >= 0.6 is 0 Å². The molecule has 1 rings (SSSR count). The molecule has 0 heterocycles. The van der Waals surface area contributed by atoms with E-state index < -0.39 is 14.4 Å². The first-order chi connectivity index (χ1) is 6.76. The standard InChI is InChI=1S/C10H16N2O2S/c1-3-10(13)15(2,12,14)9-6-4-8(11)5-7-9/h4-7H,3,11H2,1-2H3,(H2,12,14). The monoisotopic (exact) mass is 228 g/mol. The number of carbonyl (C=O) groups excluding carboxylic acids is 1. The Labute approximate surface area is 89.2 Å². The fourth-order valence-electron chi connectivity index (χ4n) is 1.30. The molecule has 0 bridgehead atoms. The predicted octanol–water partition coefficient (Wildman–Crippen LogP) is 0.888. The summed E-state index contributed by atoms with van der Waals surface area (Å²) in [5.74, 6) is 0. The highest BCUT2D eigenvalue weighted by molar-refractivity contribution is 8.29. The minimum absolute atomic E-state index is 0.155. The molecule has 0 amide bonds. The number of benzene rings is 1. The molecule has 0 fully saturated rings. The van der Waals surface area contributed by atoms with Crippen molar-refractivity contribution in [3.63, 3.8) is 0 Å². The van der Waals surface area contributed by atoms with Gasteiger partial charge in [-0.25, -0.2) is 0 Å². The Morgan fingerprint density at radius 1 is 1.33 bits per heavy atom. The molecule has 0 atom stereocenters. The largest absolute Gasteiger partial charge is 0.399 e. The minimum atomic E-state index is -3.86. The van der Waals surface area contributed by atoms with Gasteiger partial charge in [0.25, 0.3) is 0 Å². The lowest BCUT2D eigenvalue weighted by Gasteiger charge is -2.32. The van der Waals surface area contributed by atoms with Crippen molar-refractivity contribution in [2.24, 2.45) is 5.14 Å². The van der Waals surface area contributed by atoms with E-state index in [0.717, 1.165) is 0 Å². The van der Waals surface area contributed by atoms with Crippen LogP contribution in [0.25, 0.3) is 0 Å². The minimum Gasteiger partial charge on any atom is -0.399 e. The van der Waals surface area contributed by atoms with E-state index in [4.69, 9.17) is 10.9 Å². The highest BCUT2D eigenvalue weighted by Gasteiger charge is 2.35. The molecular formula is C10H16N2O2S. The summed E-state index contributed by atoms with van der Waals surface area (Å²) in [7, 11) is -3.86. The maximum atomic E-state index is 12.4. The molecule has 0 spiro atoms. The van der Waals surface area contributed by atoms with Gasteiger partial charge in [-0.2, -0.15) is 0 Å². The van der Waals surface area contributed by atoms with Gasteiger partial charge < -0.3 is 5.73 Å². The van der Waals surface area contributed by atoms with E-state index in [1.807, 2.05) is 0 Å². The van der Waals surface area contributed by atoms with Gasteiger partial charge in [0.1, 0.15) is 0 Å². The Hall–Kier alpha value is -1.20. The summed E-state index contributed by atoms with van der Waals surface area (Å²) in [6.07, 6.45) is 1.46. The molecule has 0 aliphatic rings. The van der Waals surface area contributed by atoms with Crippen molar-refractivity contribution in [3.8, 4) is 0 Å². The average Bonchev–Trinajstić information content (AvgIpc) is 2.16. The van der Waals surface area contributed by atoms with Crippen LogP contribution < -0.4 is 10.9 Å². The molecule has 0 aromatic heterocycles. The van der Waals surface area contributed by atoms with Gasteiger partial charge in [0, 0.05) is 32.5 Å². The van der Waals surface area contributed by atoms with Gasteiger partial charge in [0.15, 0.2) is 0 Å². The van der Waals surface area contributed by atoms with Crippen LogP contribution in [0.3, 0.4) is 0 Å². The Morgan fingerprint density at radius 3 is 2.20 bits per heavy atom. The van der Waals surface area contributed by atoms with Crippen LogP contribution in [0, 0.1) is 0 Å². The third-order valence-electron chi connectivity index (χ3n) is 2.32. The van der Waals surface area contributed by atoms with Crippen molar-refractivity contribution >= 4 is 20.1 Å². The Balaban J connectivity index is 3.33. The molecule has 84 valence electrons. The van der Waals surface area contributed by atoms with E-state index >= 15 is 0 Å². The summed E-state index contributed by atoms with van der Waals surface area (Å²) in [5.41, 5.74) is 6.05. The summed E-state index contributed by atoms with van der Waals surface area (Å²) in [6.45, 7) is 1.64. The lowest BCUT2D eigenvalue weighted by molar-refractivity contribution is -0.111. The summed E-state index contributed by atoms with van der Waals surface area (Å²) in [4.78, 5) is 12.0. The molecule has 0 unspecified atom stereocenters. The van der Waals surface area contributed by atoms with Crippen molar-refractivity contribution in [3.05, 3.63) is 24.3 Å². The van der Waals surface area contributed by atoms with Crippen LogP contribution in [0.15, 0.2) is 29.2 Å². The normalized spacial score (nSPS) is 14.2. The number of nitrogen functional groups attached to an aromatic ring is 1. The van der Waals surface area contributed by atoms with E-state index in [-0.39, 0.29) is 6.42 Å². The number of carbonyl (C=O) groups is 1. The predicted molar refractivity (Wildman–Crippen MR) is 62.7 cm³/mol. The maximum Gasteiger partial charge on any atom is 0.213 e. The lowest BCUT2D eigenvalue weighted by Crippen LogP contribution is -2.48. The smallest absolute Gasteiger partial charge is 0.213 e. The summed E-state index contributed by atoms with van der Waals surface area (Å²) in [5, 5.41) is 5.31. The zero-order valence-electron chi connectivity index (χ0n) is 8.90. The summed E-state index contributed by atoms with van der Waals surface area (Å²) in [6, 6.07) is 6.25. The molecule has 15 heavy (non-hydrogen) atoms. The van der Waals surface area contributed by atoms with Crippen LogP contribution in [0.4, 0.5) is 5.69 Å². The SMILES string of the molecule is CCC(=O)S(C)(N)(=O)c1ccc(N)cc1. The molecule has 1 aromatic rings. The molecular weight excluding hydrogens is 212 g/mol. The van der Waals surface area contributed by atoms with Gasteiger partial charge in [-0.1, -0.05) is 6.92 Å². The van der Waals surface area contributed by atoms with Crippen LogP contribution in [-0.2, 0) is 14.0 Å². The second-order valence-corrected chi connectivity index (χ2v) is 7.46. The van der Waals surface area contributed by atoms with Crippen molar-refractivity contribution in [1.82, 2.24) is 0 Å². The van der Waals surface area contributed by atoms with Gasteiger partial charge in [0.2, 0.25) is 5.12 Å². The number of rotatable bonds is 2. The topological polar surface area (TPSA) is 86.2 Å². The molecule has 0 saturated carbocycles. The van der Waals surface area contributed by atoms with Crippen LogP contribution in [0.5, 0.6) is 0 Å². The van der Waals surface area contributed by atoms with Crippen molar-refractivity contribution < 1.29 is 9.00 Å². The van der Waals surface area contributed by atoms with Crippen LogP contribution in [0.1, 0.15) is 13.3 Å². The van der Waals surface area contributed by atoms with Crippen molar-refractivity contribution in [1.29, 1.82) is 0 Å². The average molecular weight is 228 g/mol. The van der Waals surface area contributed by atoms with Crippen LogP contribution in [-0.4, -0.2) is 15.6 Å². The number of anilines is 1. The number of nitrogens with two attached hydrogens (primary N) is 2. The Bertz CT molecular complexity index is 445. The fourth-order valence-corrected chi connectivity index (χ4v) is 3.09. The molecule has 1 aromatic carbocycles. The van der Waals surface area contributed by atoms with E-state index in [0.29, 0.717) is 10.6 Å². The van der Waals surface area contributed by atoms with E-state index in [1.54, 1.807) is 19.1 Å². The second-order valence-electron chi connectivity index (χ2n) is 3.71. The third-order valence-corrected chi connectivity index (χ3v) is 5.18. The van der Waals surface area contributed by atoms with Crippen molar-refractivity contribution in [2.45, 2.75) is 18.2 Å². The highest BCUT2D eigenvalue weighted by atomic mass is 32.3. The second kappa shape index (κ2) is 3.43. The summed E-state index contributed by atoms with van der Waals surface area (Å²) >= 11 is 0. The maximum absolute atomic E-state index is 12.4. The first-order valence-corrected chi connectivity index (χ1v) is 7.03. The van der Waals surface area contributed by atoms with Crippen LogP contribution in [0.2, 0.25) is 0 Å². The molecule has 4 N–H and O–H groups in total. The zero-order valence-corrected chi connectivity index (χ0v) is 9.71. The first kappa shape index (κ1) is 11.9. The van der Waals surface area contributed by atoms with E-state index in [9.17, 15) is 9.00 Å². The highest BCUT2D eigenvalue weighted by Crippen LogP contribution is 2.28. The van der Waals surface area contributed by atoms with Gasteiger partial charge in [-0.3, -0.25) is 14.1 Å². The molecule has 0 aliphatic carbocycles. The molecule has 0 saturated heterocycles. The van der Waals surface area contributed by atoms with Gasteiger partial charge in [-0.05, 0) is 24.3 Å². The first-order valence-electron chi connectivity index (χ1n) is 4.59. The van der Waals surface area contributed by atoms with Crippen molar-refractivity contribution in [2.75, 3.05) is 12.0 Å². The van der Waals surface area contributed by atoms with E-state index in [1.165, 1.54) is 18.4 Å². The Kier molecular flexibility index (Phi) is 2.71. The molecule has 0 radical (unpaired) electrons. The van der Waals surface area contributed by atoms with Gasteiger partial charge in [-0.15, -0.1) is 0 Å². The molecule has 4 nitrogen and oxygen atoms in total. The Morgan fingerprint density at radius 2 is 1.80 bits per heavy atom. The summed E-state index contributed by atoms with van der Waals surface area (Å²) < 4.78 is 12.4.